The first kappa shape index (κ1) is 29.0. The molecule has 5 rings (SSSR count). The molecule has 0 N–H and O–H groups in total. The Morgan fingerprint density at radius 1 is 1.07 bits per heavy atom. The van der Waals surface area contributed by atoms with Gasteiger partial charge in [0.1, 0.15) is 23.1 Å². The fraction of sp³-hybridized carbons (Fsp3) is 0.276. The summed E-state index contributed by atoms with van der Waals surface area (Å²) in [4.78, 5) is 42.4. The number of carbonyl (C=O) groups is 1. The van der Waals surface area contributed by atoms with Gasteiger partial charge in [-0.25, -0.2) is 31.5 Å². The van der Waals surface area contributed by atoms with Gasteiger partial charge < -0.3 is 9.80 Å². The second kappa shape index (κ2) is 10.7. The molecule has 3 aromatic heterocycles. The maximum absolute atomic E-state index is 15.8. The monoisotopic (exact) mass is 594 g/mol. The zero-order valence-electron chi connectivity index (χ0n) is 23.4. The summed E-state index contributed by atoms with van der Waals surface area (Å²) in [5, 5.41) is 0.0949. The van der Waals surface area contributed by atoms with Crippen molar-refractivity contribution >= 4 is 32.6 Å². The van der Waals surface area contributed by atoms with E-state index in [1.54, 1.807) is 9.80 Å². The van der Waals surface area contributed by atoms with Crippen molar-refractivity contribution in [3.05, 3.63) is 83.1 Å². The molecule has 0 aliphatic carbocycles. The van der Waals surface area contributed by atoms with E-state index in [0.717, 1.165) is 23.0 Å². The fourth-order valence-electron chi connectivity index (χ4n) is 5.32. The van der Waals surface area contributed by atoms with Crippen LogP contribution in [0.5, 0.6) is 0 Å². The molecule has 4 heterocycles. The molecule has 4 aromatic rings. The highest BCUT2D eigenvalue weighted by molar-refractivity contribution is 7.90. The second-order valence-electron chi connectivity index (χ2n) is 10.3. The molecule has 10 nitrogen and oxygen atoms in total. The van der Waals surface area contributed by atoms with Crippen molar-refractivity contribution < 1.29 is 22.0 Å². The number of hydrogen-bond acceptors (Lipinski definition) is 8. The van der Waals surface area contributed by atoms with Gasteiger partial charge in [-0.15, -0.1) is 0 Å². The lowest BCUT2D eigenvalue weighted by Gasteiger charge is -2.44. The first-order chi connectivity index (χ1) is 19.8. The highest BCUT2D eigenvalue weighted by Gasteiger charge is 2.34. The number of aryl methyl sites for hydroxylation is 1. The van der Waals surface area contributed by atoms with Crippen LogP contribution in [0, 0.1) is 18.6 Å². The first-order valence-electron chi connectivity index (χ1n) is 13.1. The molecule has 0 saturated carbocycles. The smallest absolute Gasteiger partial charge is 0.349 e. The van der Waals surface area contributed by atoms with Gasteiger partial charge >= 0.3 is 5.69 Å². The van der Waals surface area contributed by atoms with E-state index in [2.05, 4.69) is 21.5 Å². The number of nitrogens with zero attached hydrogens (tertiary/aromatic N) is 6. The number of halogens is 2. The summed E-state index contributed by atoms with van der Waals surface area (Å²) in [6, 6.07) is 7.20. The number of piperazine rings is 1. The number of carbonyl (C=O) groups excluding carboxylic acids is 1. The van der Waals surface area contributed by atoms with Gasteiger partial charge in [0.15, 0.2) is 15.5 Å². The van der Waals surface area contributed by atoms with Crippen LogP contribution < -0.4 is 10.6 Å². The van der Waals surface area contributed by atoms with Crippen LogP contribution in [-0.4, -0.2) is 70.2 Å². The molecule has 218 valence electrons. The minimum atomic E-state index is -3.88. The van der Waals surface area contributed by atoms with Gasteiger partial charge in [0, 0.05) is 43.2 Å². The SMILES string of the molecule is C=CC(=O)N1C[C@H](C)N(c2nc(=O)n(-c3c(S(C)(=O)=O)ccnc3C)c3nc(-c4ccccc4F)c(F)cc23)C[C@@H]1C. The van der Waals surface area contributed by atoms with Crippen LogP contribution in [0.3, 0.4) is 0 Å². The molecule has 1 aliphatic rings. The Kier molecular flexibility index (Phi) is 7.39. The van der Waals surface area contributed by atoms with E-state index in [1.807, 2.05) is 13.8 Å². The summed E-state index contributed by atoms with van der Waals surface area (Å²) < 4.78 is 57.1. The molecule has 0 bridgehead atoms. The molecule has 0 unspecified atom stereocenters. The summed E-state index contributed by atoms with van der Waals surface area (Å²) in [6.45, 7) is 9.28. The molecule has 1 aliphatic heterocycles. The Labute approximate surface area is 240 Å². The number of amides is 1. The lowest BCUT2D eigenvalue weighted by molar-refractivity contribution is -0.128. The number of rotatable bonds is 5. The van der Waals surface area contributed by atoms with Crippen molar-refractivity contribution in [2.24, 2.45) is 0 Å². The number of aromatic nitrogens is 4. The number of anilines is 1. The summed E-state index contributed by atoms with van der Waals surface area (Å²) >= 11 is 0. The zero-order valence-corrected chi connectivity index (χ0v) is 24.2. The topological polar surface area (TPSA) is 118 Å². The minimum absolute atomic E-state index is 0.0875. The number of sulfone groups is 1. The highest BCUT2D eigenvalue weighted by atomic mass is 32.2. The summed E-state index contributed by atoms with van der Waals surface area (Å²) in [5.41, 5.74) is -1.42. The zero-order chi connectivity index (χ0) is 30.5. The van der Waals surface area contributed by atoms with Crippen molar-refractivity contribution in [2.75, 3.05) is 24.2 Å². The van der Waals surface area contributed by atoms with Gasteiger partial charge in [-0.05, 0) is 51.1 Å². The number of pyridine rings is 2. The number of benzene rings is 1. The van der Waals surface area contributed by atoms with Crippen molar-refractivity contribution in [1.29, 1.82) is 0 Å². The summed E-state index contributed by atoms with van der Waals surface area (Å²) in [6.07, 6.45) is 3.52. The quantitative estimate of drug-likeness (QED) is 0.323. The Bertz CT molecular complexity index is 1930. The number of hydrogen-bond donors (Lipinski definition) is 0. The van der Waals surface area contributed by atoms with Crippen molar-refractivity contribution in [2.45, 2.75) is 37.8 Å². The second-order valence-corrected chi connectivity index (χ2v) is 12.3. The molecular formula is C29H28F2N6O4S. The molecule has 13 heteroatoms. The third kappa shape index (κ3) is 4.93. The Hall–Kier alpha value is -4.52. The van der Waals surface area contributed by atoms with Gasteiger partial charge in [0.25, 0.3) is 0 Å². The standard InChI is InChI=1S/C29H28F2N6O4S/c1-6-24(38)35-14-17(3)36(15-16(35)2)27-20-13-22(31)25(19-9-7-8-10-21(19)30)33-28(20)37(29(39)34-27)26-18(4)32-12-11-23(26)42(5,40)41/h6-13,16-17H,1,14-15H2,2-5H3/t16-,17-/m0/s1. The molecule has 0 spiro atoms. The molecule has 1 aromatic carbocycles. The van der Waals surface area contributed by atoms with Crippen LogP contribution in [0.4, 0.5) is 14.6 Å². The van der Waals surface area contributed by atoms with E-state index in [1.165, 1.54) is 43.5 Å². The molecule has 1 amide bonds. The van der Waals surface area contributed by atoms with Crippen LogP contribution >= 0.6 is 0 Å². The average molecular weight is 595 g/mol. The lowest BCUT2D eigenvalue weighted by atomic mass is 10.1. The van der Waals surface area contributed by atoms with Crippen molar-refractivity contribution in [1.82, 2.24) is 24.4 Å². The van der Waals surface area contributed by atoms with Gasteiger partial charge in [-0.1, -0.05) is 18.7 Å². The third-order valence-electron chi connectivity index (χ3n) is 7.34. The van der Waals surface area contributed by atoms with E-state index in [4.69, 9.17) is 0 Å². The average Bonchev–Trinajstić information content (AvgIpc) is 2.93. The van der Waals surface area contributed by atoms with E-state index >= 15 is 4.39 Å². The van der Waals surface area contributed by atoms with Crippen LogP contribution in [0.1, 0.15) is 19.5 Å². The van der Waals surface area contributed by atoms with Crippen LogP contribution in [0.25, 0.3) is 28.0 Å². The molecule has 1 fully saturated rings. The van der Waals surface area contributed by atoms with Gasteiger partial charge in [0.2, 0.25) is 5.91 Å². The van der Waals surface area contributed by atoms with Crippen LogP contribution in [-0.2, 0) is 14.6 Å². The highest BCUT2D eigenvalue weighted by Crippen LogP contribution is 2.34. The normalized spacial score (nSPS) is 17.5. The maximum Gasteiger partial charge on any atom is 0.355 e. The minimum Gasteiger partial charge on any atom is -0.349 e. The van der Waals surface area contributed by atoms with Crippen LogP contribution in [0.15, 0.2) is 64.9 Å². The van der Waals surface area contributed by atoms with E-state index in [0.29, 0.717) is 0 Å². The van der Waals surface area contributed by atoms with E-state index in [-0.39, 0.29) is 75.5 Å². The van der Waals surface area contributed by atoms with E-state index in [9.17, 15) is 22.4 Å². The fourth-order valence-corrected chi connectivity index (χ4v) is 6.22. The third-order valence-corrected chi connectivity index (χ3v) is 8.47. The van der Waals surface area contributed by atoms with E-state index < -0.39 is 27.2 Å². The Balaban J connectivity index is 1.85. The predicted octanol–water partition coefficient (Wildman–Crippen LogP) is 3.44. The van der Waals surface area contributed by atoms with Gasteiger partial charge in [0.05, 0.1) is 21.7 Å². The first-order valence-corrected chi connectivity index (χ1v) is 15.0. The summed E-state index contributed by atoms with van der Waals surface area (Å²) in [5.74, 6) is -1.74. The maximum atomic E-state index is 15.8. The molecule has 42 heavy (non-hydrogen) atoms. The molecular weight excluding hydrogens is 566 g/mol. The largest absolute Gasteiger partial charge is 0.355 e. The Morgan fingerprint density at radius 2 is 1.79 bits per heavy atom. The van der Waals surface area contributed by atoms with Gasteiger partial charge in [-0.2, -0.15) is 4.98 Å². The molecule has 2 atom stereocenters. The number of fused-ring (bicyclic) bond motifs is 1. The van der Waals surface area contributed by atoms with Crippen molar-refractivity contribution in [3.63, 3.8) is 0 Å². The summed E-state index contributed by atoms with van der Waals surface area (Å²) in [7, 11) is -3.88. The lowest BCUT2D eigenvalue weighted by Crippen LogP contribution is -2.58. The van der Waals surface area contributed by atoms with Crippen LogP contribution in [0.2, 0.25) is 0 Å². The van der Waals surface area contributed by atoms with Crippen molar-refractivity contribution in [3.8, 4) is 16.9 Å². The Morgan fingerprint density at radius 3 is 2.45 bits per heavy atom. The van der Waals surface area contributed by atoms with Gasteiger partial charge in [-0.3, -0.25) is 9.78 Å². The molecule has 0 radical (unpaired) electrons. The predicted molar refractivity (Wildman–Crippen MR) is 154 cm³/mol. The molecule has 1 saturated heterocycles.